The first-order valence-electron chi connectivity index (χ1n) is 6.22. The fourth-order valence-corrected chi connectivity index (χ4v) is 3.01. The van der Waals surface area contributed by atoms with Crippen LogP contribution in [0.1, 0.15) is 18.6 Å². The lowest BCUT2D eigenvalue weighted by atomic mass is 10.0. The SMILES string of the molecule is CC1Nc2cc(Cl)cc(Cl)c2OC1c1ccc(Cl)cc1. The first kappa shape index (κ1) is 13.9. The molecule has 1 heterocycles. The summed E-state index contributed by atoms with van der Waals surface area (Å²) in [6.45, 7) is 2.05. The zero-order chi connectivity index (χ0) is 14.3. The summed E-state index contributed by atoms with van der Waals surface area (Å²) in [5.74, 6) is 0.633. The molecule has 1 N–H and O–H groups in total. The van der Waals surface area contributed by atoms with Gasteiger partial charge in [-0.3, -0.25) is 0 Å². The van der Waals surface area contributed by atoms with Crippen molar-refractivity contribution in [1.29, 1.82) is 0 Å². The normalized spacial score (nSPS) is 20.8. The van der Waals surface area contributed by atoms with E-state index < -0.39 is 0 Å². The molecule has 1 aliphatic rings. The molecule has 0 fully saturated rings. The molecule has 2 nitrogen and oxygen atoms in total. The lowest BCUT2D eigenvalue weighted by Gasteiger charge is -2.34. The van der Waals surface area contributed by atoms with Gasteiger partial charge >= 0.3 is 0 Å². The van der Waals surface area contributed by atoms with E-state index in [1.54, 1.807) is 6.07 Å². The van der Waals surface area contributed by atoms with E-state index in [2.05, 4.69) is 12.2 Å². The van der Waals surface area contributed by atoms with E-state index in [4.69, 9.17) is 39.5 Å². The van der Waals surface area contributed by atoms with Crippen LogP contribution in [0.5, 0.6) is 5.75 Å². The summed E-state index contributed by atoms with van der Waals surface area (Å²) in [4.78, 5) is 0. The van der Waals surface area contributed by atoms with Crippen molar-refractivity contribution in [3.05, 3.63) is 57.0 Å². The summed E-state index contributed by atoms with van der Waals surface area (Å²) < 4.78 is 6.06. The van der Waals surface area contributed by atoms with Crippen LogP contribution in [0.3, 0.4) is 0 Å². The Morgan fingerprint density at radius 3 is 2.40 bits per heavy atom. The van der Waals surface area contributed by atoms with Crippen LogP contribution in [0, 0.1) is 0 Å². The predicted molar refractivity (Wildman–Crippen MR) is 84.4 cm³/mol. The molecular formula is C15H12Cl3NO. The molecule has 2 unspecified atom stereocenters. The Morgan fingerprint density at radius 1 is 1.00 bits per heavy atom. The highest BCUT2D eigenvalue weighted by Gasteiger charge is 2.29. The molecule has 0 saturated heterocycles. The molecule has 0 radical (unpaired) electrons. The van der Waals surface area contributed by atoms with Gasteiger partial charge in [-0.25, -0.2) is 0 Å². The lowest BCUT2D eigenvalue weighted by molar-refractivity contribution is 0.178. The molecule has 104 valence electrons. The number of halogens is 3. The molecule has 0 bridgehead atoms. The van der Waals surface area contributed by atoms with Crippen LogP contribution in [0.25, 0.3) is 0 Å². The van der Waals surface area contributed by atoms with Gasteiger partial charge in [-0.1, -0.05) is 46.9 Å². The first-order chi connectivity index (χ1) is 9.54. The molecule has 0 aromatic heterocycles. The van der Waals surface area contributed by atoms with Crippen LogP contribution in [0.15, 0.2) is 36.4 Å². The fourth-order valence-electron chi connectivity index (χ4n) is 2.35. The Morgan fingerprint density at radius 2 is 1.70 bits per heavy atom. The van der Waals surface area contributed by atoms with E-state index in [1.165, 1.54) is 0 Å². The number of hydrogen-bond acceptors (Lipinski definition) is 2. The molecule has 0 amide bonds. The Bertz CT molecular complexity index is 642. The molecule has 2 aromatic rings. The maximum Gasteiger partial charge on any atom is 0.162 e. The summed E-state index contributed by atoms with van der Waals surface area (Å²) in [5.41, 5.74) is 1.87. The highest BCUT2D eigenvalue weighted by Crippen LogP contribution is 2.43. The van der Waals surface area contributed by atoms with Gasteiger partial charge in [0.15, 0.2) is 5.75 Å². The van der Waals surface area contributed by atoms with Gasteiger partial charge in [0.05, 0.1) is 16.8 Å². The summed E-state index contributed by atoms with van der Waals surface area (Å²) in [6.07, 6.45) is -0.126. The molecule has 0 spiro atoms. The average molecular weight is 329 g/mol. The minimum atomic E-state index is -0.126. The number of benzene rings is 2. The summed E-state index contributed by atoms with van der Waals surface area (Å²) >= 11 is 18.1. The van der Waals surface area contributed by atoms with Crippen LogP contribution in [-0.4, -0.2) is 6.04 Å². The van der Waals surface area contributed by atoms with E-state index in [0.717, 1.165) is 11.3 Å². The topological polar surface area (TPSA) is 21.3 Å². The molecule has 0 aliphatic carbocycles. The molecule has 1 aliphatic heterocycles. The number of fused-ring (bicyclic) bond motifs is 1. The van der Waals surface area contributed by atoms with Crippen molar-refractivity contribution in [1.82, 2.24) is 0 Å². The molecule has 2 aromatic carbocycles. The average Bonchev–Trinajstić information content (AvgIpc) is 2.39. The van der Waals surface area contributed by atoms with Crippen molar-refractivity contribution in [3.8, 4) is 5.75 Å². The Hall–Kier alpha value is -1.09. The van der Waals surface area contributed by atoms with E-state index >= 15 is 0 Å². The third-order valence-corrected chi connectivity index (χ3v) is 4.04. The van der Waals surface area contributed by atoms with Gasteiger partial charge in [-0.15, -0.1) is 0 Å². The molecule has 5 heteroatoms. The zero-order valence-electron chi connectivity index (χ0n) is 10.7. The second kappa shape index (κ2) is 5.36. The van der Waals surface area contributed by atoms with E-state index in [1.807, 2.05) is 30.3 Å². The van der Waals surface area contributed by atoms with Crippen molar-refractivity contribution in [2.75, 3.05) is 5.32 Å². The minimum Gasteiger partial charge on any atom is -0.480 e. The maximum absolute atomic E-state index is 6.20. The Labute approximate surface area is 132 Å². The molecule has 2 atom stereocenters. The standard InChI is InChI=1S/C15H12Cl3NO/c1-8-14(9-2-4-10(16)5-3-9)20-15-12(18)6-11(17)7-13(15)19-8/h2-8,14,19H,1H3. The first-order valence-corrected chi connectivity index (χ1v) is 7.35. The summed E-state index contributed by atoms with van der Waals surface area (Å²) in [5, 5.41) is 5.17. The van der Waals surface area contributed by atoms with Gasteiger partial charge in [-0.2, -0.15) is 0 Å². The van der Waals surface area contributed by atoms with Gasteiger partial charge in [0, 0.05) is 10.0 Å². The highest BCUT2D eigenvalue weighted by molar-refractivity contribution is 6.36. The molecule has 20 heavy (non-hydrogen) atoms. The Kier molecular flexibility index (Phi) is 3.72. The van der Waals surface area contributed by atoms with Crippen molar-refractivity contribution in [2.24, 2.45) is 0 Å². The minimum absolute atomic E-state index is 0.0956. The van der Waals surface area contributed by atoms with Crippen LogP contribution < -0.4 is 10.1 Å². The third kappa shape index (κ3) is 2.56. The number of anilines is 1. The molecular weight excluding hydrogens is 317 g/mol. The van der Waals surface area contributed by atoms with Crippen LogP contribution in [-0.2, 0) is 0 Å². The van der Waals surface area contributed by atoms with Crippen molar-refractivity contribution >= 4 is 40.5 Å². The summed E-state index contributed by atoms with van der Waals surface area (Å²) in [7, 11) is 0. The largest absolute Gasteiger partial charge is 0.480 e. The van der Waals surface area contributed by atoms with Crippen LogP contribution in [0.2, 0.25) is 15.1 Å². The van der Waals surface area contributed by atoms with Gasteiger partial charge in [0.1, 0.15) is 6.10 Å². The number of rotatable bonds is 1. The Balaban J connectivity index is 1.98. The maximum atomic E-state index is 6.20. The molecule has 0 saturated carbocycles. The predicted octanol–water partition coefficient (Wildman–Crippen LogP) is 5.58. The van der Waals surface area contributed by atoms with Gasteiger partial charge in [0.25, 0.3) is 0 Å². The quantitative estimate of drug-likeness (QED) is 0.737. The second-order valence-corrected chi connectivity index (χ2v) is 6.07. The molecule has 3 rings (SSSR count). The third-order valence-electron chi connectivity index (χ3n) is 3.29. The van der Waals surface area contributed by atoms with E-state index in [-0.39, 0.29) is 12.1 Å². The zero-order valence-corrected chi connectivity index (χ0v) is 12.9. The second-order valence-electron chi connectivity index (χ2n) is 4.79. The smallest absolute Gasteiger partial charge is 0.162 e. The van der Waals surface area contributed by atoms with Crippen molar-refractivity contribution in [2.45, 2.75) is 19.1 Å². The van der Waals surface area contributed by atoms with Gasteiger partial charge < -0.3 is 10.1 Å². The van der Waals surface area contributed by atoms with Crippen molar-refractivity contribution < 1.29 is 4.74 Å². The van der Waals surface area contributed by atoms with E-state index in [9.17, 15) is 0 Å². The highest BCUT2D eigenvalue weighted by atomic mass is 35.5. The van der Waals surface area contributed by atoms with Crippen molar-refractivity contribution in [3.63, 3.8) is 0 Å². The van der Waals surface area contributed by atoms with E-state index in [0.29, 0.717) is 20.8 Å². The monoisotopic (exact) mass is 327 g/mol. The lowest BCUT2D eigenvalue weighted by Crippen LogP contribution is -2.32. The summed E-state index contributed by atoms with van der Waals surface area (Å²) in [6, 6.07) is 11.2. The number of ether oxygens (including phenoxy) is 1. The number of hydrogen-bond donors (Lipinski definition) is 1. The van der Waals surface area contributed by atoms with Gasteiger partial charge in [-0.05, 0) is 36.8 Å². The van der Waals surface area contributed by atoms with Gasteiger partial charge in [0.2, 0.25) is 0 Å². The van der Waals surface area contributed by atoms with Crippen LogP contribution in [0.4, 0.5) is 5.69 Å². The fraction of sp³-hybridized carbons (Fsp3) is 0.200. The van der Waals surface area contributed by atoms with Crippen LogP contribution >= 0.6 is 34.8 Å². The number of nitrogens with one attached hydrogen (secondary N) is 1.